The Morgan fingerprint density at radius 2 is 1.70 bits per heavy atom. The fourth-order valence-electron chi connectivity index (χ4n) is 0.992. The van der Waals surface area contributed by atoms with Crippen LogP contribution in [0.5, 0.6) is 0 Å². The number of anilines is 1. The van der Waals surface area contributed by atoms with Gasteiger partial charge in [0.2, 0.25) is 0 Å². The summed E-state index contributed by atoms with van der Waals surface area (Å²) in [6.07, 6.45) is 3.34. The number of nitrogens with one attached hydrogen (secondary N) is 2. The average molecular weight is 484 g/mol. The van der Waals surface area contributed by atoms with Crippen molar-refractivity contribution in [3.05, 3.63) is 53.9 Å². The topological polar surface area (TPSA) is 66.5 Å². The van der Waals surface area contributed by atoms with Crippen molar-refractivity contribution in [3.63, 3.8) is 0 Å². The van der Waals surface area contributed by atoms with Crippen LogP contribution in [0.3, 0.4) is 0 Å². The molecule has 0 saturated carbocycles. The Hall–Kier alpha value is -0.637. The Kier molecular flexibility index (Phi) is 29.1. The molecule has 5 nitrogen and oxygen atoms in total. The van der Waals surface area contributed by atoms with Crippen molar-refractivity contribution in [3.8, 4) is 11.4 Å². The third kappa shape index (κ3) is 9.30. The van der Waals surface area contributed by atoms with Crippen molar-refractivity contribution in [2.24, 2.45) is 0 Å². The van der Waals surface area contributed by atoms with Gasteiger partial charge in [0, 0.05) is 12.4 Å². The molecule has 0 aliphatic rings. The normalized spacial score (nSPS) is 6.75. The van der Waals surface area contributed by atoms with Crippen LogP contribution in [0.1, 0.15) is 13.8 Å². The quantitative estimate of drug-likeness (QED) is 0.642. The Labute approximate surface area is 149 Å². The van der Waals surface area contributed by atoms with E-state index >= 15 is 0 Å². The minimum Gasteiger partial charge on any atom is -0.507 e. The number of rotatable bonds is 2. The van der Waals surface area contributed by atoms with Crippen LogP contribution in [-0.4, -0.2) is 20.2 Å². The van der Waals surface area contributed by atoms with Crippen molar-refractivity contribution in [1.82, 2.24) is 20.2 Å². The van der Waals surface area contributed by atoms with Gasteiger partial charge in [0.1, 0.15) is 0 Å². The first-order valence-corrected chi connectivity index (χ1v) is 4.76. The van der Waals surface area contributed by atoms with Gasteiger partial charge in [0.25, 0.3) is 0 Å². The smallest absolute Gasteiger partial charge is 0.507 e. The first kappa shape index (κ1) is 31.6. The first-order chi connectivity index (χ1) is 7.40. The Bertz CT molecular complexity index is 395. The molecule has 0 amide bonds. The van der Waals surface area contributed by atoms with Crippen LogP contribution in [0.2, 0.25) is 0 Å². The van der Waals surface area contributed by atoms with E-state index in [9.17, 15) is 0 Å². The van der Waals surface area contributed by atoms with Gasteiger partial charge in [-0.3, -0.25) is 12.1 Å². The van der Waals surface area contributed by atoms with Gasteiger partial charge in [-0.15, -0.1) is 0 Å². The number of aromatic nitrogens is 4. The second-order valence-electron chi connectivity index (χ2n) is 2.41. The van der Waals surface area contributed by atoms with Gasteiger partial charge in [-0.1, -0.05) is 13.8 Å². The largest absolute Gasteiger partial charge is 2.00 e. The average Bonchev–Trinajstić information content (AvgIpc) is 2.85. The molecule has 2 aromatic heterocycles. The van der Waals surface area contributed by atoms with Gasteiger partial charge < -0.3 is 27.6 Å². The molecule has 0 atom stereocenters. The molecule has 0 fully saturated rings. The SMILES string of the molecule is CC.[CH2-]Nc1nccc(-c2ccn[nH]2)n1.[CH3-].[CH3-].[CH3-].[V+2].[W+2]. The van der Waals surface area contributed by atoms with Gasteiger partial charge in [0.05, 0.1) is 11.4 Å². The van der Waals surface area contributed by atoms with Crippen LogP contribution in [0.15, 0.2) is 24.5 Å². The van der Waals surface area contributed by atoms with E-state index < -0.39 is 0 Å². The first-order valence-electron chi connectivity index (χ1n) is 4.76. The number of aromatic amines is 1. The second-order valence-corrected chi connectivity index (χ2v) is 2.41. The van der Waals surface area contributed by atoms with Crippen molar-refractivity contribution < 1.29 is 39.6 Å². The third-order valence-corrected chi connectivity index (χ3v) is 1.59. The molecule has 2 heterocycles. The van der Waals surface area contributed by atoms with Gasteiger partial charge in [-0.05, 0) is 12.1 Å². The second kappa shape index (κ2) is 18.4. The summed E-state index contributed by atoms with van der Waals surface area (Å²) < 4.78 is 0. The molecule has 0 unspecified atom stereocenters. The number of hydrogen-bond acceptors (Lipinski definition) is 4. The molecule has 0 aliphatic heterocycles. The third-order valence-electron chi connectivity index (χ3n) is 1.59. The maximum absolute atomic E-state index is 4.18. The van der Waals surface area contributed by atoms with E-state index in [2.05, 4.69) is 32.5 Å². The van der Waals surface area contributed by atoms with Crippen LogP contribution < -0.4 is 5.32 Å². The van der Waals surface area contributed by atoms with Gasteiger partial charge in [-0.2, -0.15) is 5.10 Å². The standard InChI is InChI=1S/C8H8N5.C2H6.3CH3.V.W/c1-9-8-10-4-2-6(12-8)7-3-5-11-13-7;1-2;;;;;/h2-5H,1H2,(H,11,13)(H,9,10,12);1-2H3;3*1H3;;/q-1;;3*-1;2*+2. The Morgan fingerprint density at radius 3 is 2.15 bits per heavy atom. The monoisotopic (exact) mass is 484 g/mol. The fourth-order valence-corrected chi connectivity index (χ4v) is 0.992. The molecule has 0 aromatic carbocycles. The molecular weight excluding hydrogens is 461 g/mol. The molecular formula is C13H23N5VW. The summed E-state index contributed by atoms with van der Waals surface area (Å²) in [4.78, 5) is 8.13. The minimum atomic E-state index is 0. The van der Waals surface area contributed by atoms with Gasteiger partial charge >= 0.3 is 39.6 Å². The molecule has 111 valence electrons. The molecule has 0 saturated heterocycles. The fraction of sp³-hybridized carbons (Fsp3) is 0.154. The van der Waals surface area contributed by atoms with Gasteiger partial charge in [-0.25, -0.2) is 9.97 Å². The van der Waals surface area contributed by atoms with Gasteiger partial charge in [0.15, 0.2) is 5.95 Å². The summed E-state index contributed by atoms with van der Waals surface area (Å²) in [5.41, 5.74) is 1.65. The van der Waals surface area contributed by atoms with E-state index in [0.29, 0.717) is 5.95 Å². The van der Waals surface area contributed by atoms with Crippen LogP contribution in [0, 0.1) is 29.3 Å². The molecule has 0 aliphatic carbocycles. The molecule has 0 spiro atoms. The van der Waals surface area contributed by atoms with Crippen LogP contribution in [-0.2, 0) is 39.6 Å². The van der Waals surface area contributed by atoms with E-state index in [4.69, 9.17) is 0 Å². The molecule has 0 bridgehead atoms. The van der Waals surface area contributed by atoms with E-state index in [1.54, 1.807) is 18.5 Å². The summed E-state index contributed by atoms with van der Waals surface area (Å²) in [6.45, 7) is 4.00. The Balaban J connectivity index is -0.000000103. The number of H-pyrrole nitrogens is 1. The maximum atomic E-state index is 4.18. The molecule has 2 rings (SSSR count). The van der Waals surface area contributed by atoms with Crippen LogP contribution >= 0.6 is 0 Å². The van der Waals surface area contributed by atoms with E-state index in [0.717, 1.165) is 11.4 Å². The van der Waals surface area contributed by atoms with Crippen molar-refractivity contribution in [2.45, 2.75) is 13.8 Å². The minimum absolute atomic E-state index is 0. The zero-order valence-electron chi connectivity index (χ0n) is 12.7. The van der Waals surface area contributed by atoms with E-state index in [1.807, 2.05) is 19.9 Å². The van der Waals surface area contributed by atoms with Crippen molar-refractivity contribution >= 4 is 5.95 Å². The van der Waals surface area contributed by atoms with Crippen LogP contribution in [0.25, 0.3) is 11.4 Å². The molecule has 1 radical (unpaired) electrons. The molecule has 2 aromatic rings. The zero-order valence-corrected chi connectivity index (χ0v) is 17.0. The number of hydrogen-bond donors (Lipinski definition) is 2. The van der Waals surface area contributed by atoms with Crippen LogP contribution in [0.4, 0.5) is 5.95 Å². The summed E-state index contributed by atoms with van der Waals surface area (Å²) in [7, 11) is 3.48. The molecule has 20 heavy (non-hydrogen) atoms. The maximum Gasteiger partial charge on any atom is 2.00 e. The number of nitrogens with zero attached hydrogens (tertiary/aromatic N) is 3. The summed E-state index contributed by atoms with van der Waals surface area (Å²) >= 11 is 0. The predicted octanol–water partition coefficient (Wildman–Crippen LogP) is 3.44. The Morgan fingerprint density at radius 1 is 1.10 bits per heavy atom. The van der Waals surface area contributed by atoms with E-state index in [-0.39, 0.29) is 61.9 Å². The van der Waals surface area contributed by atoms with E-state index in [1.165, 1.54) is 0 Å². The predicted molar refractivity (Wildman–Crippen MR) is 79.2 cm³/mol. The molecule has 7 heteroatoms. The summed E-state index contributed by atoms with van der Waals surface area (Å²) in [5.74, 6) is 0.493. The van der Waals surface area contributed by atoms with Crippen molar-refractivity contribution in [2.75, 3.05) is 5.32 Å². The summed E-state index contributed by atoms with van der Waals surface area (Å²) in [6, 6.07) is 3.64. The summed E-state index contributed by atoms with van der Waals surface area (Å²) in [5, 5.41) is 9.27. The van der Waals surface area contributed by atoms with Crippen molar-refractivity contribution in [1.29, 1.82) is 0 Å². The zero-order chi connectivity index (χ0) is 11.1. The molecule has 2 N–H and O–H groups in total.